The van der Waals surface area contributed by atoms with Crippen molar-refractivity contribution in [3.05, 3.63) is 59.4 Å². The lowest BCUT2D eigenvalue weighted by molar-refractivity contribution is 0.303. The molecule has 0 heterocycles. The fourth-order valence-electron chi connectivity index (χ4n) is 1.79. The molecule has 5 heteroatoms. The van der Waals surface area contributed by atoms with E-state index in [9.17, 15) is 4.39 Å². The normalized spacial score (nSPS) is 10.3. The van der Waals surface area contributed by atoms with Crippen LogP contribution in [-0.2, 0) is 6.61 Å². The maximum Gasteiger partial charge on any atom is 0.488 e. The fourth-order valence-corrected chi connectivity index (χ4v) is 1.79. The van der Waals surface area contributed by atoms with Crippen LogP contribution in [0.5, 0.6) is 5.75 Å². The van der Waals surface area contributed by atoms with E-state index in [-0.39, 0.29) is 12.1 Å². The highest BCUT2D eigenvalue weighted by atomic mass is 19.1. The lowest BCUT2D eigenvalue weighted by Crippen LogP contribution is -2.30. The molecule has 98 valence electrons. The second-order valence-corrected chi connectivity index (χ2v) is 4.32. The molecule has 0 amide bonds. The predicted molar refractivity (Wildman–Crippen MR) is 71.7 cm³/mol. The first-order chi connectivity index (χ1) is 9.06. The van der Waals surface area contributed by atoms with Crippen LogP contribution in [0.4, 0.5) is 4.39 Å². The number of halogens is 1. The molecule has 0 saturated carbocycles. The quantitative estimate of drug-likeness (QED) is 0.817. The standard InChI is InChI=1S/C14H14BFO3/c1-10-4-2-3-5-14(10)19-9-11-6-12(15(17)18)8-13(16)7-11/h2-8,17-18H,9H2,1H3. The Labute approximate surface area is 111 Å². The van der Waals surface area contributed by atoms with Gasteiger partial charge in [-0.05, 0) is 41.7 Å². The van der Waals surface area contributed by atoms with Gasteiger partial charge in [-0.2, -0.15) is 0 Å². The van der Waals surface area contributed by atoms with E-state index in [4.69, 9.17) is 14.8 Å². The molecule has 0 aliphatic rings. The van der Waals surface area contributed by atoms with Gasteiger partial charge in [-0.15, -0.1) is 0 Å². The summed E-state index contributed by atoms with van der Waals surface area (Å²) in [5, 5.41) is 18.1. The molecule has 0 atom stereocenters. The van der Waals surface area contributed by atoms with E-state index < -0.39 is 12.9 Å². The van der Waals surface area contributed by atoms with Gasteiger partial charge in [0.2, 0.25) is 0 Å². The summed E-state index contributed by atoms with van der Waals surface area (Å²) in [4.78, 5) is 0. The Hall–Kier alpha value is -1.85. The minimum absolute atomic E-state index is 0.114. The molecule has 0 aliphatic carbocycles. The van der Waals surface area contributed by atoms with E-state index >= 15 is 0 Å². The van der Waals surface area contributed by atoms with Gasteiger partial charge in [0, 0.05) is 0 Å². The van der Waals surface area contributed by atoms with Crippen molar-refractivity contribution in [2.75, 3.05) is 0 Å². The molecule has 0 unspecified atom stereocenters. The van der Waals surface area contributed by atoms with E-state index in [1.165, 1.54) is 12.1 Å². The van der Waals surface area contributed by atoms with Gasteiger partial charge < -0.3 is 14.8 Å². The first-order valence-corrected chi connectivity index (χ1v) is 5.90. The molecule has 0 spiro atoms. The largest absolute Gasteiger partial charge is 0.489 e. The zero-order valence-electron chi connectivity index (χ0n) is 10.5. The van der Waals surface area contributed by atoms with Crippen molar-refractivity contribution < 1.29 is 19.2 Å². The summed E-state index contributed by atoms with van der Waals surface area (Å²) in [6.07, 6.45) is 0. The van der Waals surface area contributed by atoms with Crippen molar-refractivity contribution >= 4 is 12.6 Å². The van der Waals surface area contributed by atoms with Gasteiger partial charge in [-0.25, -0.2) is 4.39 Å². The SMILES string of the molecule is Cc1ccccc1OCc1cc(F)cc(B(O)O)c1. The molecule has 2 aromatic rings. The Bertz CT molecular complexity index is 572. The number of hydrogen-bond acceptors (Lipinski definition) is 3. The smallest absolute Gasteiger partial charge is 0.488 e. The highest BCUT2D eigenvalue weighted by molar-refractivity contribution is 6.58. The van der Waals surface area contributed by atoms with Crippen LogP contribution in [0.15, 0.2) is 42.5 Å². The van der Waals surface area contributed by atoms with E-state index in [1.54, 1.807) is 0 Å². The van der Waals surface area contributed by atoms with Gasteiger partial charge >= 0.3 is 7.12 Å². The summed E-state index contributed by atoms with van der Waals surface area (Å²) in [5.41, 5.74) is 1.65. The van der Waals surface area contributed by atoms with Gasteiger partial charge in [-0.1, -0.05) is 24.3 Å². The van der Waals surface area contributed by atoms with E-state index in [0.717, 1.165) is 17.4 Å². The van der Waals surface area contributed by atoms with Crippen molar-refractivity contribution in [1.29, 1.82) is 0 Å². The maximum absolute atomic E-state index is 13.3. The second kappa shape index (κ2) is 5.86. The third-order valence-electron chi connectivity index (χ3n) is 2.77. The summed E-state index contributed by atoms with van der Waals surface area (Å²) in [5.74, 6) is 0.201. The zero-order chi connectivity index (χ0) is 13.8. The van der Waals surface area contributed by atoms with Crippen molar-refractivity contribution in [3.63, 3.8) is 0 Å². The zero-order valence-corrected chi connectivity index (χ0v) is 10.5. The Morgan fingerprint density at radius 2 is 1.89 bits per heavy atom. The molecule has 0 radical (unpaired) electrons. The highest BCUT2D eigenvalue weighted by Gasteiger charge is 2.13. The van der Waals surface area contributed by atoms with Crippen molar-refractivity contribution in [3.8, 4) is 5.75 Å². The molecule has 0 aromatic heterocycles. The molecule has 2 N–H and O–H groups in total. The Balaban J connectivity index is 2.14. The van der Waals surface area contributed by atoms with E-state index in [2.05, 4.69) is 0 Å². The van der Waals surface area contributed by atoms with Crippen molar-refractivity contribution in [2.24, 2.45) is 0 Å². The molecular formula is C14H14BFO3. The first-order valence-electron chi connectivity index (χ1n) is 5.90. The van der Waals surface area contributed by atoms with Gasteiger partial charge in [0.15, 0.2) is 0 Å². The third-order valence-corrected chi connectivity index (χ3v) is 2.77. The predicted octanol–water partition coefficient (Wildman–Crippen LogP) is 1.39. The van der Waals surface area contributed by atoms with Crippen LogP contribution in [0.2, 0.25) is 0 Å². The van der Waals surface area contributed by atoms with Gasteiger partial charge in [0.25, 0.3) is 0 Å². The summed E-state index contributed by atoms with van der Waals surface area (Å²) >= 11 is 0. The Morgan fingerprint density at radius 3 is 2.58 bits per heavy atom. The maximum atomic E-state index is 13.3. The summed E-state index contributed by atoms with van der Waals surface area (Å²) in [7, 11) is -1.69. The number of hydrogen-bond donors (Lipinski definition) is 2. The fraction of sp³-hybridized carbons (Fsp3) is 0.143. The summed E-state index contributed by atoms with van der Waals surface area (Å²) in [6, 6.07) is 11.4. The van der Waals surface area contributed by atoms with Crippen LogP contribution < -0.4 is 10.2 Å². The van der Waals surface area contributed by atoms with Crippen LogP contribution in [0.3, 0.4) is 0 Å². The average molecular weight is 260 g/mol. The van der Waals surface area contributed by atoms with Crippen LogP contribution in [0.25, 0.3) is 0 Å². The number of benzene rings is 2. The van der Waals surface area contributed by atoms with Gasteiger partial charge in [-0.3, -0.25) is 0 Å². The minimum atomic E-state index is -1.69. The highest BCUT2D eigenvalue weighted by Crippen LogP contribution is 2.17. The molecule has 0 saturated heterocycles. The van der Waals surface area contributed by atoms with Crippen molar-refractivity contribution in [1.82, 2.24) is 0 Å². The Morgan fingerprint density at radius 1 is 1.16 bits per heavy atom. The first kappa shape index (κ1) is 13.6. The minimum Gasteiger partial charge on any atom is -0.489 e. The van der Waals surface area contributed by atoms with E-state index in [1.807, 2.05) is 31.2 Å². The molecular weight excluding hydrogens is 246 g/mol. The van der Waals surface area contributed by atoms with E-state index in [0.29, 0.717) is 5.56 Å². The summed E-state index contributed by atoms with van der Waals surface area (Å²) in [6.45, 7) is 2.09. The van der Waals surface area contributed by atoms with Crippen LogP contribution in [0, 0.1) is 12.7 Å². The average Bonchev–Trinajstić information content (AvgIpc) is 2.37. The van der Waals surface area contributed by atoms with Crippen LogP contribution >= 0.6 is 0 Å². The monoisotopic (exact) mass is 260 g/mol. The molecule has 0 bridgehead atoms. The molecule has 0 aliphatic heterocycles. The third kappa shape index (κ3) is 3.56. The Kier molecular flexibility index (Phi) is 4.19. The number of para-hydroxylation sites is 1. The van der Waals surface area contributed by atoms with Gasteiger partial charge in [0.05, 0.1) is 0 Å². The van der Waals surface area contributed by atoms with Crippen LogP contribution in [0.1, 0.15) is 11.1 Å². The molecule has 3 nitrogen and oxygen atoms in total. The number of aryl methyl sites for hydroxylation is 1. The number of rotatable bonds is 4. The van der Waals surface area contributed by atoms with Crippen LogP contribution in [-0.4, -0.2) is 17.2 Å². The lowest BCUT2D eigenvalue weighted by Gasteiger charge is -2.10. The molecule has 0 fully saturated rings. The van der Waals surface area contributed by atoms with Crippen molar-refractivity contribution in [2.45, 2.75) is 13.5 Å². The topological polar surface area (TPSA) is 49.7 Å². The lowest BCUT2D eigenvalue weighted by atomic mass is 9.79. The second-order valence-electron chi connectivity index (χ2n) is 4.32. The number of ether oxygens (including phenoxy) is 1. The summed E-state index contributed by atoms with van der Waals surface area (Å²) < 4.78 is 18.9. The van der Waals surface area contributed by atoms with Gasteiger partial charge in [0.1, 0.15) is 18.2 Å². The molecule has 19 heavy (non-hydrogen) atoms. The molecule has 2 rings (SSSR count). The molecule has 2 aromatic carbocycles.